The Hall–Kier alpha value is -1.60. The van der Waals surface area contributed by atoms with E-state index in [1.165, 1.54) is 4.90 Å². The first-order chi connectivity index (χ1) is 10.5. The van der Waals surface area contributed by atoms with Crippen molar-refractivity contribution < 1.29 is 22.5 Å². The summed E-state index contributed by atoms with van der Waals surface area (Å²) in [4.78, 5) is 12.2. The van der Waals surface area contributed by atoms with Gasteiger partial charge < -0.3 is 10.0 Å². The molecular weight excluding hydrogens is 306 g/mol. The molecule has 0 aliphatic carbocycles. The van der Waals surface area contributed by atoms with Crippen LogP contribution in [0.3, 0.4) is 0 Å². The zero-order chi connectivity index (χ0) is 16.0. The van der Waals surface area contributed by atoms with E-state index in [9.17, 15) is 13.2 Å². The van der Waals surface area contributed by atoms with Crippen LogP contribution in [0.25, 0.3) is 0 Å². The third-order valence-corrected chi connectivity index (χ3v) is 5.07. The monoisotopic (exact) mass is 327 g/mol. The summed E-state index contributed by atoms with van der Waals surface area (Å²) in [5.41, 5.74) is 0.706. The van der Waals surface area contributed by atoms with E-state index in [2.05, 4.69) is 0 Å². The van der Waals surface area contributed by atoms with Crippen molar-refractivity contribution in [2.45, 2.75) is 25.0 Å². The number of amides is 1. The van der Waals surface area contributed by atoms with Crippen molar-refractivity contribution in [1.29, 1.82) is 0 Å². The highest BCUT2D eigenvalue weighted by Gasteiger charge is 2.22. The fraction of sp³-hybridized carbons (Fsp3) is 0.533. The maximum atomic E-state index is 11.9. The number of likely N-dealkylation sites (tertiary alicyclic amines) is 1. The third kappa shape index (κ3) is 5.31. The minimum absolute atomic E-state index is 0.120. The van der Waals surface area contributed by atoms with Crippen LogP contribution in [-0.4, -0.2) is 44.2 Å². The van der Waals surface area contributed by atoms with Gasteiger partial charge in [0.1, 0.15) is 5.75 Å². The number of nitrogens with zero attached hydrogens (tertiary/aromatic N) is 1. The summed E-state index contributed by atoms with van der Waals surface area (Å²) in [6, 6.07) is 8.92. The number of piperidine rings is 1. The normalized spacial score (nSPS) is 16.6. The second kappa shape index (κ2) is 7.60. The molecule has 1 saturated heterocycles. The van der Waals surface area contributed by atoms with Crippen molar-refractivity contribution in [2.24, 2.45) is 5.92 Å². The minimum Gasteiger partial charge on any atom is -0.465 e. The number of hydrogen-bond acceptors (Lipinski definition) is 4. The molecule has 6 nitrogen and oxygen atoms in total. The van der Waals surface area contributed by atoms with Gasteiger partial charge in [-0.3, -0.25) is 4.18 Å². The van der Waals surface area contributed by atoms with E-state index in [0.29, 0.717) is 31.0 Å². The van der Waals surface area contributed by atoms with Crippen molar-refractivity contribution in [3.8, 4) is 0 Å². The largest absolute Gasteiger partial charge is 0.465 e. The van der Waals surface area contributed by atoms with Crippen molar-refractivity contribution in [1.82, 2.24) is 4.90 Å². The van der Waals surface area contributed by atoms with Gasteiger partial charge in [-0.1, -0.05) is 30.3 Å². The SMILES string of the molecule is O=C(O)N1CCC(CCOS(=O)(=O)Cc2ccccc2)CC1. The summed E-state index contributed by atoms with van der Waals surface area (Å²) in [5.74, 6) is 0.202. The molecule has 0 bridgehead atoms. The standard InChI is InChI=1S/C15H21NO5S/c17-15(18)16-9-6-13(7-10-16)8-11-21-22(19,20)12-14-4-2-1-3-5-14/h1-5,13H,6-12H2,(H,17,18). The summed E-state index contributed by atoms with van der Waals surface area (Å²) < 4.78 is 28.8. The number of benzene rings is 1. The van der Waals surface area contributed by atoms with Gasteiger partial charge in [0.25, 0.3) is 10.1 Å². The van der Waals surface area contributed by atoms with E-state index in [-0.39, 0.29) is 12.4 Å². The van der Waals surface area contributed by atoms with Crippen LogP contribution in [0.4, 0.5) is 4.79 Å². The lowest BCUT2D eigenvalue weighted by molar-refractivity contribution is 0.120. The van der Waals surface area contributed by atoms with Gasteiger partial charge >= 0.3 is 6.09 Å². The zero-order valence-electron chi connectivity index (χ0n) is 12.3. The van der Waals surface area contributed by atoms with Crippen molar-refractivity contribution in [2.75, 3.05) is 19.7 Å². The van der Waals surface area contributed by atoms with E-state index in [4.69, 9.17) is 9.29 Å². The molecule has 0 radical (unpaired) electrons. The van der Waals surface area contributed by atoms with Gasteiger partial charge in [-0.15, -0.1) is 0 Å². The predicted octanol–water partition coefficient (Wildman–Crippen LogP) is 2.31. The summed E-state index contributed by atoms with van der Waals surface area (Å²) in [5, 5.41) is 8.87. The van der Waals surface area contributed by atoms with Crippen LogP contribution >= 0.6 is 0 Å². The van der Waals surface area contributed by atoms with Gasteiger partial charge in [0.05, 0.1) is 6.61 Å². The number of hydrogen-bond donors (Lipinski definition) is 1. The number of carboxylic acid groups (broad SMARTS) is 1. The Labute approximate surface area is 130 Å². The van der Waals surface area contributed by atoms with Crippen LogP contribution in [-0.2, 0) is 20.1 Å². The number of carbonyl (C=O) groups is 1. The van der Waals surface area contributed by atoms with Gasteiger partial charge in [0.2, 0.25) is 0 Å². The Morgan fingerprint density at radius 2 is 1.86 bits per heavy atom. The Bertz CT molecular complexity index is 579. The average molecular weight is 327 g/mol. The molecule has 2 rings (SSSR count). The first kappa shape index (κ1) is 16.8. The van der Waals surface area contributed by atoms with Gasteiger partial charge in [-0.25, -0.2) is 4.79 Å². The predicted molar refractivity (Wildman–Crippen MR) is 82.0 cm³/mol. The molecule has 0 atom stereocenters. The summed E-state index contributed by atoms with van der Waals surface area (Å²) in [6.45, 7) is 1.18. The van der Waals surface area contributed by atoms with Crippen LogP contribution in [0, 0.1) is 5.92 Å². The topological polar surface area (TPSA) is 83.9 Å². The molecule has 0 saturated carbocycles. The van der Waals surface area contributed by atoms with Crippen LogP contribution in [0.2, 0.25) is 0 Å². The lowest BCUT2D eigenvalue weighted by atomic mass is 9.94. The average Bonchev–Trinajstić information content (AvgIpc) is 2.48. The first-order valence-electron chi connectivity index (χ1n) is 7.35. The van der Waals surface area contributed by atoms with E-state index in [1.807, 2.05) is 6.07 Å². The maximum absolute atomic E-state index is 11.9. The summed E-state index contributed by atoms with van der Waals surface area (Å²) in [7, 11) is -3.56. The first-order valence-corrected chi connectivity index (χ1v) is 8.93. The van der Waals surface area contributed by atoms with Crippen molar-refractivity contribution in [3.05, 3.63) is 35.9 Å². The molecule has 1 amide bonds. The highest BCUT2D eigenvalue weighted by atomic mass is 32.2. The van der Waals surface area contributed by atoms with Gasteiger partial charge in [0, 0.05) is 13.1 Å². The summed E-state index contributed by atoms with van der Waals surface area (Å²) >= 11 is 0. The van der Waals surface area contributed by atoms with Crippen molar-refractivity contribution in [3.63, 3.8) is 0 Å². The molecule has 0 spiro atoms. The van der Waals surface area contributed by atoms with Crippen LogP contribution in [0.15, 0.2) is 30.3 Å². The molecular formula is C15H21NO5S. The highest BCUT2D eigenvalue weighted by molar-refractivity contribution is 7.85. The number of rotatable bonds is 6. The van der Waals surface area contributed by atoms with Gasteiger partial charge in [0.15, 0.2) is 0 Å². The lowest BCUT2D eigenvalue weighted by Gasteiger charge is -2.29. The Balaban J connectivity index is 1.71. The molecule has 22 heavy (non-hydrogen) atoms. The van der Waals surface area contributed by atoms with Crippen molar-refractivity contribution >= 4 is 16.2 Å². The van der Waals surface area contributed by atoms with E-state index in [0.717, 1.165) is 12.8 Å². The minimum atomic E-state index is -3.56. The smallest absolute Gasteiger partial charge is 0.407 e. The van der Waals surface area contributed by atoms with Crippen LogP contribution in [0.1, 0.15) is 24.8 Å². The third-order valence-electron chi connectivity index (χ3n) is 3.86. The highest BCUT2D eigenvalue weighted by Crippen LogP contribution is 2.21. The quantitative estimate of drug-likeness (QED) is 0.811. The van der Waals surface area contributed by atoms with E-state index < -0.39 is 16.2 Å². The molecule has 1 fully saturated rings. The fourth-order valence-corrected chi connectivity index (χ4v) is 3.61. The molecule has 7 heteroatoms. The molecule has 1 aromatic carbocycles. The molecule has 0 unspecified atom stereocenters. The molecule has 1 aliphatic heterocycles. The lowest BCUT2D eigenvalue weighted by Crippen LogP contribution is -2.37. The van der Waals surface area contributed by atoms with Crippen LogP contribution in [0.5, 0.6) is 0 Å². The molecule has 122 valence electrons. The fourth-order valence-electron chi connectivity index (χ4n) is 2.57. The molecule has 1 N–H and O–H groups in total. The van der Waals surface area contributed by atoms with E-state index >= 15 is 0 Å². The second-order valence-corrected chi connectivity index (χ2v) is 7.15. The molecule has 1 aliphatic rings. The molecule has 1 heterocycles. The van der Waals surface area contributed by atoms with Gasteiger partial charge in [-0.2, -0.15) is 8.42 Å². The Morgan fingerprint density at radius 1 is 1.23 bits per heavy atom. The maximum Gasteiger partial charge on any atom is 0.407 e. The van der Waals surface area contributed by atoms with Crippen LogP contribution < -0.4 is 0 Å². The molecule has 1 aromatic rings. The van der Waals surface area contributed by atoms with Gasteiger partial charge in [-0.05, 0) is 30.7 Å². The zero-order valence-corrected chi connectivity index (χ0v) is 13.2. The second-order valence-electron chi connectivity index (χ2n) is 5.51. The molecule has 0 aromatic heterocycles. The van der Waals surface area contributed by atoms with E-state index in [1.54, 1.807) is 24.3 Å². The Kier molecular flexibility index (Phi) is 5.79. The summed E-state index contributed by atoms with van der Waals surface area (Å²) in [6.07, 6.45) is 1.27. The Morgan fingerprint density at radius 3 is 2.45 bits per heavy atom.